The first-order chi connectivity index (χ1) is 8.23. The van der Waals surface area contributed by atoms with Crippen LogP contribution in [0.3, 0.4) is 0 Å². The third-order valence-electron chi connectivity index (χ3n) is 2.20. The van der Waals surface area contributed by atoms with E-state index in [0.29, 0.717) is 6.29 Å². The molecule has 100 valence electrons. The van der Waals surface area contributed by atoms with Crippen LogP contribution in [0, 0.1) is 0 Å². The van der Waals surface area contributed by atoms with E-state index < -0.39 is 29.6 Å². The molecule has 0 aliphatic heterocycles. The van der Waals surface area contributed by atoms with Crippen molar-refractivity contribution in [1.29, 1.82) is 0 Å². The van der Waals surface area contributed by atoms with Gasteiger partial charge in [0.1, 0.15) is 11.4 Å². The molecule has 0 bridgehead atoms. The summed E-state index contributed by atoms with van der Waals surface area (Å²) in [6.07, 6.45) is 2.06. The second-order valence-corrected chi connectivity index (χ2v) is 5.00. The molecule has 1 amide bonds. The predicted molar refractivity (Wildman–Crippen MR) is 64.5 cm³/mol. The lowest BCUT2D eigenvalue weighted by molar-refractivity contribution is -0.104. The van der Waals surface area contributed by atoms with Gasteiger partial charge in [-0.3, -0.25) is 4.79 Å². The molecule has 1 aliphatic carbocycles. The Bertz CT molecular complexity index is 410. The van der Waals surface area contributed by atoms with Crippen molar-refractivity contribution in [2.24, 2.45) is 5.73 Å². The molecule has 18 heavy (non-hydrogen) atoms. The first kappa shape index (κ1) is 14.4. The lowest BCUT2D eigenvalue weighted by atomic mass is 9.98. The SMILES string of the molecule is CC(C)(C)OC(=O)NC1C=C(F)C(C=O)=CC1N. The summed E-state index contributed by atoms with van der Waals surface area (Å²) < 4.78 is 18.4. The molecular weight excluding hydrogens is 239 g/mol. The number of alkyl carbamates (subject to hydrolysis) is 1. The Kier molecular flexibility index (Phi) is 4.24. The maximum atomic E-state index is 13.4. The van der Waals surface area contributed by atoms with Crippen molar-refractivity contribution < 1.29 is 18.7 Å². The van der Waals surface area contributed by atoms with Gasteiger partial charge in [-0.1, -0.05) is 6.08 Å². The van der Waals surface area contributed by atoms with Crippen LogP contribution in [0.5, 0.6) is 0 Å². The summed E-state index contributed by atoms with van der Waals surface area (Å²) >= 11 is 0. The van der Waals surface area contributed by atoms with Crippen LogP contribution in [-0.4, -0.2) is 30.1 Å². The number of aldehydes is 1. The Labute approximate surface area is 105 Å². The molecule has 0 aromatic rings. The molecule has 1 aliphatic rings. The highest BCUT2D eigenvalue weighted by Crippen LogP contribution is 2.18. The maximum Gasteiger partial charge on any atom is 0.408 e. The minimum Gasteiger partial charge on any atom is -0.444 e. The van der Waals surface area contributed by atoms with Gasteiger partial charge in [-0.25, -0.2) is 9.18 Å². The lowest BCUT2D eigenvalue weighted by Gasteiger charge is -2.26. The van der Waals surface area contributed by atoms with Gasteiger partial charge in [0.2, 0.25) is 0 Å². The zero-order valence-electron chi connectivity index (χ0n) is 10.6. The molecule has 0 saturated heterocycles. The van der Waals surface area contributed by atoms with E-state index in [1.165, 1.54) is 6.08 Å². The molecule has 0 saturated carbocycles. The highest BCUT2D eigenvalue weighted by molar-refractivity contribution is 5.80. The van der Waals surface area contributed by atoms with E-state index in [-0.39, 0.29) is 5.57 Å². The molecule has 2 unspecified atom stereocenters. The van der Waals surface area contributed by atoms with E-state index in [0.717, 1.165) is 6.08 Å². The Morgan fingerprint density at radius 3 is 2.61 bits per heavy atom. The summed E-state index contributed by atoms with van der Waals surface area (Å²) in [6, 6.07) is -1.40. The van der Waals surface area contributed by atoms with Crippen molar-refractivity contribution in [3.63, 3.8) is 0 Å². The summed E-state index contributed by atoms with van der Waals surface area (Å²) in [5.74, 6) is -0.701. The molecule has 0 aromatic carbocycles. The lowest BCUT2D eigenvalue weighted by Crippen LogP contribution is -2.48. The molecule has 0 aromatic heterocycles. The Balaban J connectivity index is 2.68. The van der Waals surface area contributed by atoms with E-state index in [9.17, 15) is 14.0 Å². The fraction of sp³-hybridized carbons (Fsp3) is 0.500. The standard InChI is InChI=1S/C12H17FN2O3/c1-12(2,3)18-11(17)15-10-5-8(13)7(6-16)4-9(10)14/h4-6,9-10H,14H2,1-3H3,(H,15,17). The number of ether oxygens (including phenoxy) is 1. The monoisotopic (exact) mass is 256 g/mol. The minimum absolute atomic E-state index is 0.107. The summed E-state index contributed by atoms with van der Waals surface area (Å²) in [5.41, 5.74) is 4.95. The van der Waals surface area contributed by atoms with E-state index in [4.69, 9.17) is 10.5 Å². The number of rotatable bonds is 2. The Morgan fingerprint density at radius 2 is 2.11 bits per heavy atom. The van der Waals surface area contributed by atoms with Crippen molar-refractivity contribution in [3.05, 3.63) is 23.6 Å². The van der Waals surface area contributed by atoms with Gasteiger partial charge in [-0.2, -0.15) is 0 Å². The molecule has 0 radical (unpaired) electrons. The first-order valence-electron chi connectivity index (χ1n) is 5.53. The van der Waals surface area contributed by atoms with Crippen LogP contribution in [0.25, 0.3) is 0 Å². The third kappa shape index (κ3) is 3.96. The average molecular weight is 256 g/mol. The quantitative estimate of drug-likeness (QED) is 0.727. The molecule has 2 atom stereocenters. The highest BCUT2D eigenvalue weighted by Gasteiger charge is 2.25. The second-order valence-electron chi connectivity index (χ2n) is 5.00. The fourth-order valence-electron chi connectivity index (χ4n) is 1.43. The molecule has 3 N–H and O–H groups in total. The Morgan fingerprint density at radius 1 is 1.50 bits per heavy atom. The van der Waals surface area contributed by atoms with Gasteiger partial charge in [-0.05, 0) is 26.8 Å². The molecule has 0 spiro atoms. The Hall–Kier alpha value is -1.69. The summed E-state index contributed by atoms with van der Waals surface area (Å²) in [7, 11) is 0. The molecule has 0 fully saturated rings. The van der Waals surface area contributed by atoms with Gasteiger partial charge < -0.3 is 15.8 Å². The van der Waals surface area contributed by atoms with Crippen molar-refractivity contribution in [2.75, 3.05) is 0 Å². The summed E-state index contributed by atoms with van der Waals surface area (Å²) in [5, 5.41) is 2.44. The summed E-state index contributed by atoms with van der Waals surface area (Å²) in [6.45, 7) is 5.15. The zero-order valence-corrected chi connectivity index (χ0v) is 10.6. The van der Waals surface area contributed by atoms with Gasteiger partial charge >= 0.3 is 6.09 Å². The van der Waals surface area contributed by atoms with Crippen molar-refractivity contribution in [2.45, 2.75) is 38.5 Å². The van der Waals surface area contributed by atoms with Gasteiger partial charge in [0.05, 0.1) is 6.04 Å². The number of nitrogens with two attached hydrogens (primary N) is 1. The van der Waals surface area contributed by atoms with Crippen LogP contribution in [0.4, 0.5) is 9.18 Å². The topological polar surface area (TPSA) is 81.4 Å². The van der Waals surface area contributed by atoms with E-state index >= 15 is 0 Å². The third-order valence-corrected chi connectivity index (χ3v) is 2.20. The van der Waals surface area contributed by atoms with E-state index in [2.05, 4.69) is 5.32 Å². The number of carbonyl (C=O) groups excluding carboxylic acids is 2. The van der Waals surface area contributed by atoms with E-state index in [1.54, 1.807) is 20.8 Å². The smallest absolute Gasteiger partial charge is 0.408 e. The van der Waals surface area contributed by atoms with Crippen molar-refractivity contribution in [3.8, 4) is 0 Å². The number of carbonyl (C=O) groups is 2. The average Bonchev–Trinajstić information content (AvgIpc) is 2.20. The number of halogens is 1. The van der Waals surface area contributed by atoms with E-state index in [1.807, 2.05) is 0 Å². The number of amides is 1. The highest BCUT2D eigenvalue weighted by atomic mass is 19.1. The fourth-order valence-corrected chi connectivity index (χ4v) is 1.43. The molecule has 6 heteroatoms. The van der Waals surface area contributed by atoms with Crippen LogP contribution in [0.1, 0.15) is 20.8 Å². The summed E-state index contributed by atoms with van der Waals surface area (Å²) in [4.78, 5) is 22.0. The number of hydrogen-bond donors (Lipinski definition) is 2. The normalized spacial score (nSPS) is 23.8. The molecule has 0 heterocycles. The number of hydrogen-bond acceptors (Lipinski definition) is 4. The second kappa shape index (κ2) is 5.30. The predicted octanol–water partition coefficient (Wildman–Crippen LogP) is 1.20. The largest absolute Gasteiger partial charge is 0.444 e. The van der Waals surface area contributed by atoms with Crippen LogP contribution in [0.2, 0.25) is 0 Å². The van der Waals surface area contributed by atoms with Crippen LogP contribution < -0.4 is 11.1 Å². The van der Waals surface area contributed by atoms with Gasteiger partial charge in [0, 0.05) is 11.6 Å². The van der Waals surface area contributed by atoms with Crippen molar-refractivity contribution >= 4 is 12.4 Å². The minimum atomic E-state index is -0.733. The van der Waals surface area contributed by atoms with Crippen molar-refractivity contribution in [1.82, 2.24) is 5.32 Å². The maximum absolute atomic E-state index is 13.4. The first-order valence-corrected chi connectivity index (χ1v) is 5.53. The van der Waals surface area contributed by atoms with Crippen LogP contribution >= 0.6 is 0 Å². The number of nitrogens with one attached hydrogen (secondary N) is 1. The van der Waals surface area contributed by atoms with Crippen LogP contribution in [-0.2, 0) is 9.53 Å². The molecular formula is C12H17FN2O3. The van der Waals surface area contributed by atoms with Crippen LogP contribution in [0.15, 0.2) is 23.6 Å². The molecule has 1 rings (SSSR count). The zero-order chi connectivity index (χ0) is 13.9. The van der Waals surface area contributed by atoms with Gasteiger partial charge in [-0.15, -0.1) is 0 Å². The van der Waals surface area contributed by atoms with Gasteiger partial charge in [0.25, 0.3) is 0 Å². The number of allylic oxidation sites excluding steroid dienone is 2. The molecule has 5 nitrogen and oxygen atoms in total. The van der Waals surface area contributed by atoms with Gasteiger partial charge in [0.15, 0.2) is 6.29 Å².